The van der Waals surface area contributed by atoms with E-state index < -0.39 is 0 Å². The SMILES string of the molecule is CCCC1CCC(CO)C(C)C1. The Morgan fingerprint density at radius 3 is 2.58 bits per heavy atom. The summed E-state index contributed by atoms with van der Waals surface area (Å²) in [6.07, 6.45) is 6.66. The highest BCUT2D eigenvalue weighted by Gasteiger charge is 2.25. The third-order valence-corrected chi connectivity index (χ3v) is 3.39. The molecule has 1 aliphatic rings. The zero-order valence-electron chi connectivity index (χ0n) is 8.42. The highest BCUT2D eigenvalue weighted by Crippen LogP contribution is 2.35. The molecule has 0 aromatic carbocycles. The first kappa shape index (κ1) is 10.0. The van der Waals surface area contributed by atoms with Crippen LogP contribution in [0.3, 0.4) is 0 Å². The molecule has 0 amide bonds. The molecule has 0 aromatic rings. The van der Waals surface area contributed by atoms with Gasteiger partial charge in [0.15, 0.2) is 0 Å². The van der Waals surface area contributed by atoms with Gasteiger partial charge in [0.1, 0.15) is 0 Å². The zero-order valence-corrected chi connectivity index (χ0v) is 8.42. The Morgan fingerprint density at radius 1 is 1.33 bits per heavy atom. The fourth-order valence-corrected chi connectivity index (χ4v) is 2.51. The molecule has 0 bridgehead atoms. The summed E-state index contributed by atoms with van der Waals surface area (Å²) < 4.78 is 0. The molecular formula is C11H22O. The van der Waals surface area contributed by atoms with Crippen molar-refractivity contribution in [2.24, 2.45) is 17.8 Å². The molecule has 1 rings (SSSR count). The van der Waals surface area contributed by atoms with E-state index in [-0.39, 0.29) is 0 Å². The third-order valence-electron chi connectivity index (χ3n) is 3.39. The van der Waals surface area contributed by atoms with Gasteiger partial charge in [-0.1, -0.05) is 33.1 Å². The van der Waals surface area contributed by atoms with Crippen molar-refractivity contribution in [3.8, 4) is 0 Å². The lowest BCUT2D eigenvalue weighted by Crippen LogP contribution is -2.25. The van der Waals surface area contributed by atoms with Crippen LogP contribution in [-0.2, 0) is 0 Å². The number of hydrogen-bond donors (Lipinski definition) is 1. The Balaban J connectivity index is 2.30. The first-order valence-electron chi connectivity index (χ1n) is 5.38. The van der Waals surface area contributed by atoms with Gasteiger partial charge < -0.3 is 5.11 Å². The molecule has 1 fully saturated rings. The Kier molecular flexibility index (Phi) is 4.07. The summed E-state index contributed by atoms with van der Waals surface area (Å²) >= 11 is 0. The second kappa shape index (κ2) is 4.86. The van der Waals surface area contributed by atoms with Crippen LogP contribution in [0.5, 0.6) is 0 Å². The molecule has 0 aromatic heterocycles. The zero-order chi connectivity index (χ0) is 8.97. The van der Waals surface area contributed by atoms with Gasteiger partial charge in [0, 0.05) is 6.61 Å². The van der Waals surface area contributed by atoms with E-state index in [2.05, 4.69) is 13.8 Å². The molecule has 0 aliphatic heterocycles. The molecule has 3 atom stereocenters. The maximum Gasteiger partial charge on any atom is 0.0461 e. The fraction of sp³-hybridized carbons (Fsp3) is 1.00. The van der Waals surface area contributed by atoms with Crippen molar-refractivity contribution >= 4 is 0 Å². The smallest absolute Gasteiger partial charge is 0.0461 e. The fourth-order valence-electron chi connectivity index (χ4n) is 2.51. The Labute approximate surface area is 76.2 Å². The second-order valence-electron chi connectivity index (χ2n) is 4.39. The van der Waals surface area contributed by atoms with Crippen LogP contribution in [0.15, 0.2) is 0 Å². The Hall–Kier alpha value is -0.0400. The summed E-state index contributed by atoms with van der Waals surface area (Å²) in [6.45, 7) is 4.96. The third kappa shape index (κ3) is 2.48. The standard InChI is InChI=1S/C11H22O/c1-3-4-10-5-6-11(8-12)9(2)7-10/h9-12H,3-8H2,1-2H3. The van der Waals surface area contributed by atoms with E-state index in [0.29, 0.717) is 12.5 Å². The van der Waals surface area contributed by atoms with Gasteiger partial charge in [0.25, 0.3) is 0 Å². The van der Waals surface area contributed by atoms with Crippen LogP contribution < -0.4 is 0 Å². The summed E-state index contributed by atoms with van der Waals surface area (Å²) in [6, 6.07) is 0. The Morgan fingerprint density at radius 2 is 2.08 bits per heavy atom. The minimum Gasteiger partial charge on any atom is -0.396 e. The highest BCUT2D eigenvalue weighted by molar-refractivity contribution is 4.76. The van der Waals surface area contributed by atoms with Crippen molar-refractivity contribution in [1.82, 2.24) is 0 Å². The predicted molar refractivity (Wildman–Crippen MR) is 52.0 cm³/mol. The van der Waals surface area contributed by atoms with E-state index in [1.807, 2.05) is 0 Å². The molecule has 12 heavy (non-hydrogen) atoms. The van der Waals surface area contributed by atoms with Crippen LogP contribution >= 0.6 is 0 Å². The van der Waals surface area contributed by atoms with E-state index in [4.69, 9.17) is 5.11 Å². The van der Waals surface area contributed by atoms with Gasteiger partial charge in [0.2, 0.25) is 0 Å². The highest BCUT2D eigenvalue weighted by atomic mass is 16.3. The van der Waals surface area contributed by atoms with Gasteiger partial charge in [-0.15, -0.1) is 0 Å². The minimum atomic E-state index is 0.403. The minimum absolute atomic E-state index is 0.403. The van der Waals surface area contributed by atoms with Gasteiger partial charge in [-0.25, -0.2) is 0 Å². The van der Waals surface area contributed by atoms with Crippen molar-refractivity contribution in [3.63, 3.8) is 0 Å². The lowest BCUT2D eigenvalue weighted by molar-refractivity contribution is 0.114. The number of aliphatic hydroxyl groups excluding tert-OH is 1. The normalized spacial score (nSPS) is 36.8. The second-order valence-corrected chi connectivity index (χ2v) is 4.39. The molecular weight excluding hydrogens is 148 g/mol. The van der Waals surface area contributed by atoms with Gasteiger partial charge >= 0.3 is 0 Å². The molecule has 0 saturated heterocycles. The lowest BCUT2D eigenvalue weighted by atomic mass is 9.74. The first-order valence-corrected chi connectivity index (χ1v) is 5.38. The average molecular weight is 170 g/mol. The number of rotatable bonds is 3. The molecule has 0 radical (unpaired) electrons. The van der Waals surface area contributed by atoms with E-state index in [9.17, 15) is 0 Å². The van der Waals surface area contributed by atoms with Crippen LogP contribution in [0.1, 0.15) is 46.0 Å². The molecule has 1 nitrogen and oxygen atoms in total. The van der Waals surface area contributed by atoms with E-state index in [1.54, 1.807) is 0 Å². The molecule has 1 heteroatoms. The van der Waals surface area contributed by atoms with Crippen molar-refractivity contribution in [3.05, 3.63) is 0 Å². The number of aliphatic hydroxyl groups is 1. The van der Waals surface area contributed by atoms with Gasteiger partial charge in [-0.2, -0.15) is 0 Å². The summed E-state index contributed by atoms with van der Waals surface area (Å²) in [4.78, 5) is 0. The lowest BCUT2D eigenvalue weighted by Gasteiger charge is -2.33. The van der Waals surface area contributed by atoms with Crippen LogP contribution in [0.25, 0.3) is 0 Å². The largest absolute Gasteiger partial charge is 0.396 e. The van der Waals surface area contributed by atoms with E-state index in [1.165, 1.54) is 32.1 Å². The number of hydrogen-bond acceptors (Lipinski definition) is 1. The van der Waals surface area contributed by atoms with Crippen molar-refractivity contribution in [2.75, 3.05) is 6.61 Å². The van der Waals surface area contributed by atoms with E-state index >= 15 is 0 Å². The molecule has 1 saturated carbocycles. The van der Waals surface area contributed by atoms with Gasteiger partial charge in [-0.05, 0) is 30.6 Å². The predicted octanol–water partition coefficient (Wildman–Crippen LogP) is 2.83. The van der Waals surface area contributed by atoms with Crippen LogP contribution in [0.4, 0.5) is 0 Å². The van der Waals surface area contributed by atoms with Crippen molar-refractivity contribution in [2.45, 2.75) is 46.0 Å². The maximum absolute atomic E-state index is 9.08. The summed E-state index contributed by atoms with van der Waals surface area (Å²) in [5.74, 6) is 2.30. The molecule has 0 heterocycles. The molecule has 1 aliphatic carbocycles. The topological polar surface area (TPSA) is 20.2 Å². The molecule has 0 spiro atoms. The summed E-state index contributed by atoms with van der Waals surface area (Å²) in [5.41, 5.74) is 0. The van der Waals surface area contributed by atoms with Crippen molar-refractivity contribution in [1.29, 1.82) is 0 Å². The molecule has 1 N–H and O–H groups in total. The van der Waals surface area contributed by atoms with E-state index in [0.717, 1.165) is 11.8 Å². The summed E-state index contributed by atoms with van der Waals surface area (Å²) in [7, 11) is 0. The van der Waals surface area contributed by atoms with Gasteiger partial charge in [-0.3, -0.25) is 0 Å². The first-order chi connectivity index (χ1) is 5.77. The Bertz CT molecular complexity index is 122. The molecule has 3 unspecified atom stereocenters. The molecule has 72 valence electrons. The monoisotopic (exact) mass is 170 g/mol. The van der Waals surface area contributed by atoms with Crippen LogP contribution in [-0.4, -0.2) is 11.7 Å². The maximum atomic E-state index is 9.08. The van der Waals surface area contributed by atoms with Crippen LogP contribution in [0, 0.1) is 17.8 Å². The average Bonchev–Trinajstić information content (AvgIpc) is 2.05. The van der Waals surface area contributed by atoms with Crippen LogP contribution in [0.2, 0.25) is 0 Å². The van der Waals surface area contributed by atoms with Crippen molar-refractivity contribution < 1.29 is 5.11 Å². The summed E-state index contributed by atoms with van der Waals surface area (Å²) in [5, 5.41) is 9.08. The van der Waals surface area contributed by atoms with Gasteiger partial charge in [0.05, 0.1) is 0 Å². The quantitative estimate of drug-likeness (QED) is 0.690.